The average Bonchev–Trinajstić information content (AvgIpc) is 3.20. The number of aromatic amines is 1. The molecule has 3 N–H and O–H groups in total. The first kappa shape index (κ1) is 26.0. The van der Waals surface area contributed by atoms with Gasteiger partial charge in [0, 0.05) is 42.9 Å². The molecule has 1 saturated heterocycles. The third-order valence-corrected chi connectivity index (χ3v) is 7.36. The molecule has 6 rings (SSSR count). The number of carbonyl (C=O) groups is 1. The minimum absolute atomic E-state index is 0.00945. The minimum atomic E-state index is -0.790. The number of H-pyrrole nitrogens is 1. The second-order valence-electron chi connectivity index (χ2n) is 10.1. The van der Waals surface area contributed by atoms with E-state index >= 15 is 0 Å². The van der Waals surface area contributed by atoms with Gasteiger partial charge in [0.15, 0.2) is 0 Å². The Morgan fingerprint density at radius 3 is 2.75 bits per heavy atom. The molecule has 0 aliphatic carbocycles. The standard InChI is InChI=1S/C30H29F2N5O3/c1-18(16-36-9-11-39-12-10-36)37-27-8-5-19(14-26(27)34-30(37)35-29(33)38)13-23-21-3-2-4-25(32)24(21)17-40-28-15-20(31)6-7-22(23)28/h2-8,13-15,18H,9-12,16-17H2,1H3,(H3,33,34,35,38)/b23-13+/t18-/m1/s1. The lowest BCUT2D eigenvalue weighted by molar-refractivity contribution is 0.0326. The monoisotopic (exact) mass is 545 g/mol. The number of rotatable bonds is 4. The van der Waals surface area contributed by atoms with E-state index in [2.05, 4.69) is 21.8 Å². The summed E-state index contributed by atoms with van der Waals surface area (Å²) < 4.78 is 42.2. The van der Waals surface area contributed by atoms with Crippen molar-refractivity contribution in [1.29, 1.82) is 0 Å². The Labute approximate surface area is 229 Å². The Kier molecular flexibility index (Phi) is 6.95. The SMILES string of the molecule is C[C@H](CN1CCOCC1)n1/c(=N/C(N)=O)[nH]c2cc(/C=C3/c4ccc(F)cc4OCc4c(F)cccc43)ccc21. The van der Waals surface area contributed by atoms with Crippen LogP contribution in [0.25, 0.3) is 22.7 Å². The number of nitrogens with two attached hydrogens (primary N) is 1. The third kappa shape index (κ3) is 5.03. The molecule has 2 aliphatic rings. The molecule has 0 radical (unpaired) electrons. The maximum atomic E-state index is 14.8. The van der Waals surface area contributed by atoms with Crippen LogP contribution in [0.1, 0.15) is 35.2 Å². The average molecular weight is 546 g/mol. The van der Waals surface area contributed by atoms with Gasteiger partial charge < -0.3 is 24.8 Å². The fraction of sp³-hybridized carbons (Fsp3) is 0.267. The number of nitrogens with one attached hydrogen (secondary N) is 1. The van der Waals surface area contributed by atoms with Crippen LogP contribution < -0.4 is 16.1 Å². The zero-order valence-electron chi connectivity index (χ0n) is 22.0. The summed E-state index contributed by atoms with van der Waals surface area (Å²) in [6.07, 6.45) is 1.93. The third-order valence-electron chi connectivity index (χ3n) is 7.36. The number of halogens is 2. The van der Waals surface area contributed by atoms with Crippen LogP contribution in [-0.2, 0) is 11.3 Å². The predicted molar refractivity (Wildman–Crippen MR) is 148 cm³/mol. The summed E-state index contributed by atoms with van der Waals surface area (Å²) >= 11 is 0. The largest absolute Gasteiger partial charge is 0.488 e. The second-order valence-corrected chi connectivity index (χ2v) is 10.1. The van der Waals surface area contributed by atoms with Crippen molar-refractivity contribution < 1.29 is 23.0 Å². The first-order valence-corrected chi connectivity index (χ1v) is 13.2. The first-order valence-electron chi connectivity index (χ1n) is 13.2. The Morgan fingerprint density at radius 1 is 1.12 bits per heavy atom. The van der Waals surface area contributed by atoms with Crippen molar-refractivity contribution in [3.05, 3.63) is 94.1 Å². The number of benzene rings is 3. The number of aromatic nitrogens is 2. The summed E-state index contributed by atoms with van der Waals surface area (Å²) in [5.41, 5.74) is 10.7. The highest BCUT2D eigenvalue weighted by atomic mass is 19.1. The maximum absolute atomic E-state index is 14.8. The van der Waals surface area contributed by atoms with E-state index in [1.165, 1.54) is 18.2 Å². The van der Waals surface area contributed by atoms with E-state index < -0.39 is 11.8 Å². The highest BCUT2D eigenvalue weighted by Crippen LogP contribution is 2.39. The summed E-state index contributed by atoms with van der Waals surface area (Å²) in [6.45, 7) is 5.88. The molecule has 3 heterocycles. The Bertz CT molecular complexity index is 1700. The Morgan fingerprint density at radius 2 is 1.95 bits per heavy atom. The molecule has 40 heavy (non-hydrogen) atoms. The molecule has 8 nitrogen and oxygen atoms in total. The van der Waals surface area contributed by atoms with Gasteiger partial charge in [-0.3, -0.25) is 4.90 Å². The number of hydrogen-bond donors (Lipinski definition) is 2. The van der Waals surface area contributed by atoms with Crippen LogP contribution in [-0.4, -0.2) is 53.3 Å². The van der Waals surface area contributed by atoms with E-state index in [1.807, 2.05) is 34.9 Å². The lowest BCUT2D eigenvalue weighted by atomic mass is 9.92. The van der Waals surface area contributed by atoms with Crippen LogP contribution in [0.5, 0.6) is 5.75 Å². The van der Waals surface area contributed by atoms with Crippen molar-refractivity contribution in [2.45, 2.75) is 19.6 Å². The Balaban J connectivity index is 1.47. The van der Waals surface area contributed by atoms with Crippen LogP contribution in [0, 0.1) is 11.6 Å². The number of fused-ring (bicyclic) bond motifs is 3. The summed E-state index contributed by atoms with van der Waals surface area (Å²) in [6, 6.07) is 14.3. The highest BCUT2D eigenvalue weighted by Gasteiger charge is 2.23. The summed E-state index contributed by atoms with van der Waals surface area (Å²) in [4.78, 5) is 21.4. The molecule has 2 aliphatic heterocycles. The van der Waals surface area contributed by atoms with Crippen molar-refractivity contribution in [2.75, 3.05) is 32.8 Å². The van der Waals surface area contributed by atoms with E-state index in [0.29, 0.717) is 46.8 Å². The number of carbonyl (C=O) groups excluding carboxylic acids is 1. The van der Waals surface area contributed by atoms with E-state index in [1.54, 1.807) is 12.1 Å². The molecule has 0 unspecified atom stereocenters. The molecule has 1 fully saturated rings. The zero-order chi connectivity index (χ0) is 27.8. The van der Waals surface area contributed by atoms with Crippen molar-refractivity contribution in [3.8, 4) is 5.75 Å². The first-order chi connectivity index (χ1) is 19.4. The van der Waals surface area contributed by atoms with Gasteiger partial charge in [-0.1, -0.05) is 18.2 Å². The van der Waals surface area contributed by atoms with Crippen LogP contribution in [0.2, 0.25) is 0 Å². The quantitative estimate of drug-likeness (QED) is 0.392. The molecule has 2 amide bonds. The van der Waals surface area contributed by atoms with Gasteiger partial charge >= 0.3 is 6.03 Å². The van der Waals surface area contributed by atoms with Crippen LogP contribution >= 0.6 is 0 Å². The topological polar surface area (TPSA) is 97.9 Å². The van der Waals surface area contributed by atoms with Crippen LogP contribution in [0.15, 0.2) is 59.6 Å². The number of primary amides is 1. The van der Waals surface area contributed by atoms with E-state index in [0.717, 1.165) is 36.2 Å². The van der Waals surface area contributed by atoms with Crippen LogP contribution in [0.4, 0.5) is 13.6 Å². The molecule has 0 saturated carbocycles. The van der Waals surface area contributed by atoms with Crippen molar-refractivity contribution in [2.24, 2.45) is 10.7 Å². The molecule has 1 aromatic heterocycles. The summed E-state index contributed by atoms with van der Waals surface area (Å²) in [5, 5.41) is 0. The van der Waals surface area contributed by atoms with Gasteiger partial charge in [-0.2, -0.15) is 4.99 Å². The highest BCUT2D eigenvalue weighted by molar-refractivity contribution is 5.96. The number of morpholine rings is 1. The van der Waals surface area contributed by atoms with Gasteiger partial charge in [0.2, 0.25) is 5.62 Å². The fourth-order valence-electron chi connectivity index (χ4n) is 5.53. The van der Waals surface area contributed by atoms with Crippen molar-refractivity contribution in [3.63, 3.8) is 0 Å². The molecule has 0 spiro atoms. The van der Waals surface area contributed by atoms with Gasteiger partial charge in [-0.05, 0) is 60.0 Å². The fourth-order valence-corrected chi connectivity index (χ4v) is 5.53. The van der Waals surface area contributed by atoms with Gasteiger partial charge in [0.1, 0.15) is 24.0 Å². The zero-order valence-corrected chi connectivity index (χ0v) is 22.0. The molecule has 4 aromatic rings. The summed E-state index contributed by atoms with van der Waals surface area (Å²) in [7, 11) is 0. The molecular weight excluding hydrogens is 516 g/mol. The predicted octanol–water partition coefficient (Wildman–Crippen LogP) is 4.60. The maximum Gasteiger partial charge on any atom is 0.341 e. The van der Waals surface area contributed by atoms with E-state index in [9.17, 15) is 13.6 Å². The summed E-state index contributed by atoms with van der Waals surface area (Å²) in [5.74, 6) is -0.469. The van der Waals surface area contributed by atoms with Crippen molar-refractivity contribution in [1.82, 2.24) is 14.5 Å². The van der Waals surface area contributed by atoms with Gasteiger partial charge in [-0.25, -0.2) is 13.6 Å². The number of imidazole rings is 1. The van der Waals surface area contributed by atoms with E-state index in [4.69, 9.17) is 15.2 Å². The molecule has 206 valence electrons. The molecule has 1 atom stereocenters. The molecule has 0 bridgehead atoms. The lowest BCUT2D eigenvalue weighted by Gasteiger charge is -2.29. The van der Waals surface area contributed by atoms with Gasteiger partial charge in [0.05, 0.1) is 24.2 Å². The number of hydrogen-bond acceptors (Lipinski definition) is 4. The number of amides is 2. The molecular formula is C30H29F2N5O3. The number of ether oxygens (including phenoxy) is 2. The Hall–Kier alpha value is -4.28. The minimum Gasteiger partial charge on any atom is -0.488 e. The van der Waals surface area contributed by atoms with Gasteiger partial charge in [-0.15, -0.1) is 0 Å². The van der Waals surface area contributed by atoms with Crippen LogP contribution in [0.3, 0.4) is 0 Å². The smallest absolute Gasteiger partial charge is 0.341 e. The van der Waals surface area contributed by atoms with Crippen molar-refractivity contribution >= 4 is 28.7 Å². The lowest BCUT2D eigenvalue weighted by Crippen LogP contribution is -2.40. The molecule has 10 heteroatoms. The van der Waals surface area contributed by atoms with Gasteiger partial charge in [0.25, 0.3) is 0 Å². The number of urea groups is 1. The normalized spacial score (nSPS) is 17.8. The van der Waals surface area contributed by atoms with E-state index in [-0.39, 0.29) is 18.5 Å². The second kappa shape index (κ2) is 10.7. The molecule has 3 aromatic carbocycles. The number of nitrogens with zero attached hydrogens (tertiary/aromatic N) is 3.